The Hall–Kier alpha value is -1.39. The first-order valence-electron chi connectivity index (χ1n) is 7.93. The minimum absolute atomic E-state index is 0.0534. The van der Waals surface area contributed by atoms with Crippen molar-refractivity contribution in [2.75, 3.05) is 25.0 Å². The van der Waals surface area contributed by atoms with Gasteiger partial charge >= 0.3 is 0 Å². The Labute approximate surface area is 127 Å². The van der Waals surface area contributed by atoms with E-state index >= 15 is 0 Å². The van der Waals surface area contributed by atoms with Crippen molar-refractivity contribution in [3.8, 4) is 0 Å². The Bertz CT molecular complexity index is 475. The highest BCUT2D eigenvalue weighted by Crippen LogP contribution is 2.24. The SMILES string of the molecule is CCC1CCN(CC(=O)Nc2ccccc2C)C(CN)C1. The summed E-state index contributed by atoms with van der Waals surface area (Å²) in [4.78, 5) is 14.5. The first-order chi connectivity index (χ1) is 10.1. The number of carbonyl (C=O) groups excluding carboxylic acids is 1. The van der Waals surface area contributed by atoms with E-state index in [1.54, 1.807) is 0 Å². The van der Waals surface area contributed by atoms with Crippen molar-refractivity contribution in [2.24, 2.45) is 11.7 Å². The molecule has 0 aliphatic carbocycles. The lowest BCUT2D eigenvalue weighted by Crippen LogP contribution is -2.49. The molecule has 3 N–H and O–H groups in total. The fourth-order valence-electron chi connectivity index (χ4n) is 3.09. The smallest absolute Gasteiger partial charge is 0.238 e. The van der Waals surface area contributed by atoms with Gasteiger partial charge in [0.15, 0.2) is 0 Å². The molecular weight excluding hydrogens is 262 g/mol. The topological polar surface area (TPSA) is 58.4 Å². The number of likely N-dealkylation sites (tertiary alicyclic amines) is 1. The molecule has 2 atom stereocenters. The van der Waals surface area contributed by atoms with Gasteiger partial charge in [-0.25, -0.2) is 0 Å². The number of piperidine rings is 1. The van der Waals surface area contributed by atoms with E-state index in [0.717, 1.165) is 30.1 Å². The van der Waals surface area contributed by atoms with E-state index in [1.165, 1.54) is 12.8 Å². The van der Waals surface area contributed by atoms with Crippen LogP contribution in [0.3, 0.4) is 0 Å². The maximum Gasteiger partial charge on any atom is 0.238 e. The summed E-state index contributed by atoms with van der Waals surface area (Å²) < 4.78 is 0. The van der Waals surface area contributed by atoms with Crippen molar-refractivity contribution in [1.82, 2.24) is 4.90 Å². The summed E-state index contributed by atoms with van der Waals surface area (Å²) in [5, 5.41) is 3.01. The average molecular weight is 289 g/mol. The summed E-state index contributed by atoms with van der Waals surface area (Å²) in [6.45, 7) is 6.28. The van der Waals surface area contributed by atoms with Crippen molar-refractivity contribution >= 4 is 11.6 Å². The summed E-state index contributed by atoms with van der Waals surface area (Å²) in [6.07, 6.45) is 3.50. The van der Waals surface area contributed by atoms with Gasteiger partial charge in [-0.05, 0) is 43.9 Å². The fraction of sp³-hybridized carbons (Fsp3) is 0.588. The standard InChI is InChI=1S/C17H27N3O/c1-3-14-8-9-20(15(10-14)11-18)12-17(21)19-16-7-5-4-6-13(16)2/h4-7,14-15H,3,8-12,18H2,1-2H3,(H,19,21). The van der Waals surface area contributed by atoms with Crippen LogP contribution in [0, 0.1) is 12.8 Å². The van der Waals surface area contributed by atoms with Crippen molar-refractivity contribution < 1.29 is 4.79 Å². The van der Waals surface area contributed by atoms with Crippen LogP contribution in [0.1, 0.15) is 31.7 Å². The van der Waals surface area contributed by atoms with Crippen LogP contribution in [0.5, 0.6) is 0 Å². The highest BCUT2D eigenvalue weighted by molar-refractivity contribution is 5.92. The van der Waals surface area contributed by atoms with Crippen LogP contribution in [-0.4, -0.2) is 36.5 Å². The van der Waals surface area contributed by atoms with Gasteiger partial charge in [-0.1, -0.05) is 31.5 Å². The van der Waals surface area contributed by atoms with Crippen LogP contribution in [0.4, 0.5) is 5.69 Å². The number of carbonyl (C=O) groups is 1. The fourth-order valence-corrected chi connectivity index (χ4v) is 3.09. The van der Waals surface area contributed by atoms with Gasteiger partial charge < -0.3 is 11.1 Å². The minimum Gasteiger partial charge on any atom is -0.329 e. The predicted octanol–water partition coefficient (Wildman–Crippen LogP) is 2.38. The van der Waals surface area contributed by atoms with Crippen molar-refractivity contribution in [2.45, 2.75) is 39.2 Å². The molecule has 1 saturated heterocycles. The number of hydrogen-bond donors (Lipinski definition) is 2. The molecule has 1 aliphatic rings. The highest BCUT2D eigenvalue weighted by atomic mass is 16.2. The molecular formula is C17H27N3O. The van der Waals surface area contributed by atoms with Crippen molar-refractivity contribution in [3.05, 3.63) is 29.8 Å². The molecule has 0 saturated carbocycles. The number of aryl methyl sites for hydroxylation is 1. The second-order valence-corrected chi connectivity index (χ2v) is 6.02. The average Bonchev–Trinajstić information content (AvgIpc) is 2.50. The molecule has 2 unspecified atom stereocenters. The Morgan fingerprint density at radius 3 is 2.86 bits per heavy atom. The number of nitrogens with zero attached hydrogens (tertiary/aromatic N) is 1. The zero-order valence-corrected chi connectivity index (χ0v) is 13.1. The molecule has 1 fully saturated rings. The monoisotopic (exact) mass is 289 g/mol. The zero-order valence-electron chi connectivity index (χ0n) is 13.1. The molecule has 1 amide bonds. The van der Waals surface area contributed by atoms with E-state index in [1.807, 2.05) is 31.2 Å². The molecule has 0 radical (unpaired) electrons. The molecule has 0 aromatic heterocycles. The normalized spacial score (nSPS) is 23.0. The van der Waals surface area contributed by atoms with E-state index < -0.39 is 0 Å². The minimum atomic E-state index is 0.0534. The van der Waals surface area contributed by atoms with Gasteiger partial charge in [-0.15, -0.1) is 0 Å². The second-order valence-electron chi connectivity index (χ2n) is 6.02. The molecule has 2 rings (SSSR count). The lowest BCUT2D eigenvalue weighted by molar-refractivity contribution is -0.118. The summed E-state index contributed by atoms with van der Waals surface area (Å²) in [5.74, 6) is 0.812. The van der Waals surface area contributed by atoms with Crippen molar-refractivity contribution in [1.29, 1.82) is 0 Å². The first-order valence-corrected chi connectivity index (χ1v) is 7.93. The van der Waals surface area contributed by atoms with Gasteiger partial charge in [0.25, 0.3) is 0 Å². The largest absolute Gasteiger partial charge is 0.329 e. The van der Waals surface area contributed by atoms with Gasteiger partial charge in [-0.3, -0.25) is 9.69 Å². The molecule has 1 aromatic carbocycles. The number of nitrogens with one attached hydrogen (secondary N) is 1. The van der Waals surface area contributed by atoms with Gasteiger partial charge in [0.05, 0.1) is 6.54 Å². The maximum absolute atomic E-state index is 12.3. The Morgan fingerprint density at radius 1 is 1.43 bits per heavy atom. The number of nitrogens with two attached hydrogens (primary N) is 1. The first kappa shape index (κ1) is 16.0. The number of para-hydroxylation sites is 1. The van der Waals surface area contributed by atoms with E-state index in [-0.39, 0.29) is 5.91 Å². The molecule has 1 aliphatic heterocycles. The van der Waals surface area contributed by atoms with Crippen LogP contribution in [0.15, 0.2) is 24.3 Å². The maximum atomic E-state index is 12.3. The molecule has 0 bridgehead atoms. The number of hydrogen-bond acceptors (Lipinski definition) is 3. The molecule has 4 nitrogen and oxygen atoms in total. The van der Waals surface area contributed by atoms with Crippen LogP contribution < -0.4 is 11.1 Å². The molecule has 1 heterocycles. The summed E-state index contributed by atoms with van der Waals surface area (Å²) >= 11 is 0. The van der Waals surface area contributed by atoms with E-state index in [0.29, 0.717) is 19.1 Å². The third-order valence-corrected chi connectivity index (χ3v) is 4.56. The molecule has 4 heteroatoms. The van der Waals surface area contributed by atoms with Crippen LogP contribution in [0.2, 0.25) is 0 Å². The van der Waals surface area contributed by atoms with Gasteiger partial charge in [-0.2, -0.15) is 0 Å². The number of rotatable bonds is 5. The van der Waals surface area contributed by atoms with E-state index in [2.05, 4.69) is 17.1 Å². The second kappa shape index (κ2) is 7.57. The quantitative estimate of drug-likeness (QED) is 0.875. The molecule has 116 valence electrons. The highest BCUT2D eigenvalue weighted by Gasteiger charge is 2.27. The Kier molecular flexibility index (Phi) is 5.76. The summed E-state index contributed by atoms with van der Waals surface area (Å²) in [6, 6.07) is 8.21. The molecule has 1 aromatic rings. The number of amides is 1. The third-order valence-electron chi connectivity index (χ3n) is 4.56. The summed E-state index contributed by atoms with van der Waals surface area (Å²) in [7, 11) is 0. The van der Waals surface area contributed by atoms with E-state index in [4.69, 9.17) is 5.73 Å². The number of benzene rings is 1. The Balaban J connectivity index is 1.91. The lowest BCUT2D eigenvalue weighted by Gasteiger charge is -2.38. The summed E-state index contributed by atoms with van der Waals surface area (Å²) in [5.41, 5.74) is 7.88. The van der Waals surface area contributed by atoms with Gasteiger partial charge in [0, 0.05) is 18.3 Å². The van der Waals surface area contributed by atoms with Crippen molar-refractivity contribution in [3.63, 3.8) is 0 Å². The predicted molar refractivity (Wildman–Crippen MR) is 87.2 cm³/mol. The Morgan fingerprint density at radius 2 is 2.19 bits per heavy atom. The molecule has 21 heavy (non-hydrogen) atoms. The number of anilines is 1. The zero-order chi connectivity index (χ0) is 15.2. The van der Waals surface area contributed by atoms with Crippen LogP contribution >= 0.6 is 0 Å². The van der Waals surface area contributed by atoms with E-state index in [9.17, 15) is 4.79 Å². The molecule has 0 spiro atoms. The third kappa shape index (κ3) is 4.29. The van der Waals surface area contributed by atoms with Gasteiger partial charge in [0.1, 0.15) is 0 Å². The lowest BCUT2D eigenvalue weighted by atomic mass is 9.89. The van der Waals surface area contributed by atoms with Gasteiger partial charge in [0.2, 0.25) is 5.91 Å². The van der Waals surface area contributed by atoms with Crippen LogP contribution in [-0.2, 0) is 4.79 Å². The van der Waals surface area contributed by atoms with Crippen LogP contribution in [0.25, 0.3) is 0 Å².